The third-order valence-corrected chi connectivity index (χ3v) is 7.31. The van der Waals surface area contributed by atoms with Crippen LogP contribution in [0.15, 0.2) is 193 Å². The SMILES string of the molecule is [2H]c1c([2H])c([2H])c(-c2c([2H])c([2H])c(-c3c([2H])c([2H])c([2H])c(-c4c5c([2H])c([2H])c([2H])c([2H])c5c(-c5c([2H])c([2H])c([2H])c([2H])c5[2H])c5c([2H])c([2H])c(-c6c([2H])c([2H])c([2H])c7c([2H])c([2H])c([2H])c([2H])c67)c([2H])c45)c3[2H])c([2H])c2[2H])c([2H])c1[2H]. The average Bonchev–Trinajstić information content (AvgIpc) is 3.56. The fraction of sp³-hybridized carbons (Fsp3) is 0. The van der Waals surface area contributed by atoms with Crippen LogP contribution in [0, 0.1) is 0 Å². The van der Waals surface area contributed by atoms with Crippen molar-refractivity contribution in [3.8, 4) is 55.6 Å². The predicted molar refractivity (Wildman–Crippen MR) is 206 cm³/mol. The van der Waals surface area contributed by atoms with Gasteiger partial charge < -0.3 is 0 Å². The maximum atomic E-state index is 10.2. The van der Waals surface area contributed by atoms with Gasteiger partial charge in [0.15, 0.2) is 0 Å². The zero-order valence-electron chi connectivity index (χ0n) is 56.0. The molecule has 48 heavy (non-hydrogen) atoms. The van der Waals surface area contributed by atoms with E-state index < -0.39 is 281 Å². The van der Waals surface area contributed by atoms with Crippen LogP contribution in [0.3, 0.4) is 0 Å². The molecule has 0 saturated carbocycles. The molecule has 0 aliphatic rings. The molecule has 0 bridgehead atoms. The van der Waals surface area contributed by atoms with Gasteiger partial charge in [0.25, 0.3) is 0 Å². The Labute approximate surface area is 326 Å². The van der Waals surface area contributed by atoms with E-state index in [0.717, 1.165) is 0 Å². The molecule has 0 N–H and O–H groups in total. The molecule has 0 aliphatic carbocycles. The van der Waals surface area contributed by atoms with Crippen LogP contribution in [0.4, 0.5) is 0 Å². The average molecular weight is 641 g/mol. The van der Waals surface area contributed by atoms with Crippen molar-refractivity contribution < 1.29 is 43.9 Å². The first kappa shape index (κ1) is 10.4. The lowest BCUT2D eigenvalue weighted by Crippen LogP contribution is -1.92. The molecule has 0 fully saturated rings. The first-order valence-corrected chi connectivity index (χ1v) is 14.0. The lowest BCUT2D eigenvalue weighted by Gasteiger charge is -2.19. The van der Waals surface area contributed by atoms with Crippen molar-refractivity contribution >= 4 is 32.3 Å². The van der Waals surface area contributed by atoms with E-state index in [-0.39, 0.29) is 0 Å². The topological polar surface area (TPSA) is 0 Å². The summed E-state index contributed by atoms with van der Waals surface area (Å²) in [7, 11) is 0. The fourth-order valence-electron chi connectivity index (χ4n) is 5.25. The van der Waals surface area contributed by atoms with Gasteiger partial charge in [0, 0.05) is 0 Å². The molecule has 9 rings (SSSR count). The monoisotopic (exact) mass is 640 g/mol. The van der Waals surface area contributed by atoms with E-state index in [9.17, 15) is 16.4 Å². The van der Waals surface area contributed by atoms with E-state index in [1.54, 1.807) is 0 Å². The Bertz CT molecular complexity index is 4330. The minimum atomic E-state index is -1.23. The van der Waals surface area contributed by atoms with Gasteiger partial charge in [0.1, 0.15) is 0 Å². The predicted octanol–water partition coefficient (Wildman–Crippen LogP) is 13.5. The van der Waals surface area contributed by atoms with Crippen molar-refractivity contribution in [3.05, 3.63) is 193 Å². The van der Waals surface area contributed by atoms with Crippen molar-refractivity contribution in [2.45, 2.75) is 0 Å². The molecule has 9 aromatic carbocycles. The third kappa shape index (κ3) is 4.87. The van der Waals surface area contributed by atoms with Crippen LogP contribution in [0.1, 0.15) is 43.9 Å². The third-order valence-electron chi connectivity index (χ3n) is 7.31. The van der Waals surface area contributed by atoms with Gasteiger partial charge in [-0.15, -0.1) is 0 Å². The van der Waals surface area contributed by atoms with E-state index in [2.05, 4.69) is 0 Å². The van der Waals surface area contributed by atoms with Crippen LogP contribution < -0.4 is 0 Å². The molecule has 0 spiro atoms. The van der Waals surface area contributed by atoms with Gasteiger partial charge in [0.2, 0.25) is 0 Å². The summed E-state index contributed by atoms with van der Waals surface area (Å²) in [6.45, 7) is 0. The zero-order valence-corrected chi connectivity index (χ0v) is 24.0. The van der Waals surface area contributed by atoms with Gasteiger partial charge in [-0.2, -0.15) is 0 Å². The second-order valence-corrected chi connectivity index (χ2v) is 10.0. The van der Waals surface area contributed by atoms with E-state index >= 15 is 0 Å². The Balaban J connectivity index is 1.62. The number of rotatable bonds is 5. The van der Waals surface area contributed by atoms with Gasteiger partial charge in [-0.1, -0.05) is 181 Å². The maximum Gasteiger partial charge on any atom is 0.0636 e. The van der Waals surface area contributed by atoms with E-state index in [1.165, 1.54) is 0 Å². The number of hydrogen-bond donors (Lipinski definition) is 0. The molecule has 0 radical (unpaired) electrons. The Morgan fingerprint density at radius 3 is 1.44 bits per heavy atom. The molecule has 0 nitrogen and oxygen atoms in total. The van der Waals surface area contributed by atoms with Crippen LogP contribution in [0.25, 0.3) is 88.0 Å². The Hall–Kier alpha value is -6.24. The number of fused-ring (bicyclic) bond motifs is 3. The molecule has 0 unspecified atom stereocenters. The second-order valence-electron chi connectivity index (χ2n) is 10.0. The molecule has 0 amide bonds. The van der Waals surface area contributed by atoms with E-state index in [0.29, 0.717) is 0 Å². The molecule has 0 aliphatic heterocycles. The summed E-state index contributed by atoms with van der Waals surface area (Å²) < 4.78 is 288. The smallest absolute Gasteiger partial charge is 0.0622 e. The Kier molecular flexibility index (Phi) is 2.56. The van der Waals surface area contributed by atoms with Crippen molar-refractivity contribution in [2.75, 3.05) is 0 Å². The molecule has 0 saturated heterocycles. The normalized spacial score (nSPS) is 20.7. The maximum absolute atomic E-state index is 10.2. The number of benzene rings is 9. The lowest BCUT2D eigenvalue weighted by atomic mass is 9.84. The molecule has 0 aromatic heterocycles. The van der Waals surface area contributed by atoms with Crippen LogP contribution in [0.5, 0.6) is 0 Å². The summed E-state index contributed by atoms with van der Waals surface area (Å²) in [6.07, 6.45) is 0. The Morgan fingerprint density at radius 2 is 0.708 bits per heavy atom. The summed E-state index contributed by atoms with van der Waals surface area (Å²) in [5, 5.41) is -5.02. The highest BCUT2D eigenvalue weighted by Gasteiger charge is 2.18. The first-order chi connectivity index (χ1) is 37.1. The summed E-state index contributed by atoms with van der Waals surface area (Å²) in [5.74, 6) is 0. The molecule has 224 valence electrons. The van der Waals surface area contributed by atoms with Gasteiger partial charge in [-0.05, 0) is 100 Å². The minimum absolute atomic E-state index is 0.695. The van der Waals surface area contributed by atoms with Gasteiger partial charge in [-0.25, -0.2) is 0 Å². The first-order valence-electron chi connectivity index (χ1n) is 30.0. The van der Waals surface area contributed by atoms with Gasteiger partial charge >= 0.3 is 0 Å². The van der Waals surface area contributed by atoms with Crippen LogP contribution >= 0.6 is 0 Å². The van der Waals surface area contributed by atoms with Gasteiger partial charge in [-0.3, -0.25) is 0 Å². The molecular weight excluding hydrogens is 577 g/mol. The van der Waals surface area contributed by atoms with Crippen LogP contribution in [0.2, 0.25) is 0 Å². The zero-order chi connectivity index (χ0) is 59.7. The van der Waals surface area contributed by atoms with E-state index in [1.807, 2.05) is 0 Å². The fourth-order valence-corrected chi connectivity index (χ4v) is 5.25. The summed E-state index contributed by atoms with van der Waals surface area (Å²) in [6, 6.07) is -33.6. The minimum Gasteiger partial charge on any atom is -0.0622 e. The van der Waals surface area contributed by atoms with Crippen LogP contribution in [-0.4, -0.2) is 0 Å². The lowest BCUT2D eigenvalue weighted by molar-refractivity contribution is 1.58. The van der Waals surface area contributed by atoms with Gasteiger partial charge in [0.05, 0.1) is 43.9 Å². The largest absolute Gasteiger partial charge is 0.0636 e. The number of hydrogen-bond acceptors (Lipinski definition) is 0. The molecule has 9 aromatic rings. The standard InChI is InChI=1S/C48H32/c1-3-13-33(14-4-1)34-25-27-35(28-26-34)38-19-11-20-40(31-38)48-44-23-10-9-22-43(44)47(37-16-5-2-6-17-37)45-30-29-39(32-46(45)48)42-24-12-18-36-15-7-8-21-41(36)42/h1-32H/i1D,2D,3D,4D,5D,6D,7D,8D,9D,10D,11D,12D,13D,14D,15D,16D,17D,18D,19D,20D,21D,22D,23D,24D,25D,26D,27D,28D,29D,30D,31D,32D. The van der Waals surface area contributed by atoms with Crippen molar-refractivity contribution in [3.63, 3.8) is 0 Å². The van der Waals surface area contributed by atoms with E-state index in [4.69, 9.17) is 27.4 Å². The summed E-state index contributed by atoms with van der Waals surface area (Å²) in [5.41, 5.74) is -9.15. The quantitative estimate of drug-likeness (QED) is 0.164. The summed E-state index contributed by atoms with van der Waals surface area (Å²) >= 11 is 0. The Morgan fingerprint density at radius 1 is 0.250 bits per heavy atom. The molecule has 0 heteroatoms. The molecule has 0 heterocycles. The van der Waals surface area contributed by atoms with Crippen molar-refractivity contribution in [1.82, 2.24) is 0 Å². The van der Waals surface area contributed by atoms with Crippen LogP contribution in [-0.2, 0) is 0 Å². The highest BCUT2D eigenvalue weighted by Crippen LogP contribution is 2.45. The molecule has 0 atom stereocenters. The molecular formula is C48H32. The second kappa shape index (κ2) is 11.8. The highest BCUT2D eigenvalue weighted by atomic mass is 14.2. The summed E-state index contributed by atoms with van der Waals surface area (Å²) in [4.78, 5) is 0. The van der Waals surface area contributed by atoms with Crippen molar-refractivity contribution in [1.29, 1.82) is 0 Å². The highest BCUT2D eigenvalue weighted by molar-refractivity contribution is 6.22. The van der Waals surface area contributed by atoms with Crippen molar-refractivity contribution in [2.24, 2.45) is 0 Å².